The number of hydrogen-bond acceptors (Lipinski definition) is 3. The van der Waals surface area contributed by atoms with E-state index >= 15 is 0 Å². The summed E-state index contributed by atoms with van der Waals surface area (Å²) in [6.07, 6.45) is 5.90. The second-order valence-corrected chi connectivity index (χ2v) is 4.33. The van der Waals surface area contributed by atoms with Crippen LogP contribution in [0.4, 0.5) is 0 Å². The first kappa shape index (κ1) is 9.20. The van der Waals surface area contributed by atoms with Gasteiger partial charge in [-0.25, -0.2) is 0 Å². The van der Waals surface area contributed by atoms with E-state index in [0.29, 0.717) is 5.78 Å². The van der Waals surface area contributed by atoms with Gasteiger partial charge in [0.15, 0.2) is 0 Å². The molecule has 0 spiro atoms. The van der Waals surface area contributed by atoms with Crippen LogP contribution in [0.25, 0.3) is 0 Å². The van der Waals surface area contributed by atoms with Gasteiger partial charge < -0.3 is 0 Å². The van der Waals surface area contributed by atoms with Crippen molar-refractivity contribution in [3.8, 4) is 0 Å². The van der Waals surface area contributed by atoms with Crippen LogP contribution in [0.5, 0.6) is 0 Å². The van der Waals surface area contributed by atoms with E-state index in [1.165, 1.54) is 0 Å². The minimum atomic E-state index is 0.0914. The summed E-state index contributed by atoms with van der Waals surface area (Å²) in [6.45, 7) is 0. The van der Waals surface area contributed by atoms with Crippen LogP contribution in [0, 0.1) is 5.92 Å². The van der Waals surface area contributed by atoms with E-state index in [0.717, 1.165) is 29.9 Å². The van der Waals surface area contributed by atoms with Gasteiger partial charge in [0.25, 0.3) is 0 Å². The van der Waals surface area contributed by atoms with Crippen molar-refractivity contribution >= 4 is 34.0 Å². The fraction of sp³-hybridized carbons (Fsp3) is 0.750. The number of thiocarbonyl (C=S) groups is 1. The van der Waals surface area contributed by atoms with Gasteiger partial charge in [0.1, 0.15) is 5.78 Å². The van der Waals surface area contributed by atoms with Crippen LogP contribution in [-0.2, 0) is 4.79 Å². The third-order valence-electron chi connectivity index (χ3n) is 2.04. The molecule has 0 aromatic heterocycles. The number of carbonyl (C=O) groups excluding carboxylic acids is 1. The van der Waals surface area contributed by atoms with Crippen molar-refractivity contribution < 1.29 is 4.79 Å². The Hall–Kier alpha value is 0.110. The molecule has 1 rings (SSSR count). The van der Waals surface area contributed by atoms with Crippen molar-refractivity contribution in [2.24, 2.45) is 5.92 Å². The van der Waals surface area contributed by atoms with Crippen molar-refractivity contribution in [3.05, 3.63) is 0 Å². The first-order chi connectivity index (χ1) is 5.25. The van der Waals surface area contributed by atoms with Crippen molar-refractivity contribution in [1.29, 1.82) is 0 Å². The van der Waals surface area contributed by atoms with Crippen molar-refractivity contribution in [3.63, 3.8) is 0 Å². The summed E-state index contributed by atoms with van der Waals surface area (Å²) in [7, 11) is 0. The van der Waals surface area contributed by atoms with Crippen LogP contribution in [0.3, 0.4) is 0 Å². The average Bonchev–Trinajstić information content (AvgIpc) is 2.04. The molecular formula is C8H12OS2. The van der Waals surface area contributed by atoms with Crippen molar-refractivity contribution in [2.45, 2.75) is 25.7 Å². The lowest BCUT2D eigenvalue weighted by Gasteiger charge is -2.19. The summed E-state index contributed by atoms with van der Waals surface area (Å²) in [6, 6.07) is 0. The molecule has 0 amide bonds. The second kappa shape index (κ2) is 4.21. The molecule has 0 aliphatic heterocycles. The Labute approximate surface area is 76.9 Å². The number of hydrogen-bond donors (Lipinski definition) is 0. The smallest absolute Gasteiger partial charge is 0.141 e. The normalized spacial score (nSPS) is 25.2. The van der Waals surface area contributed by atoms with Crippen molar-refractivity contribution in [1.82, 2.24) is 0 Å². The Morgan fingerprint density at radius 2 is 2.36 bits per heavy atom. The third kappa shape index (κ3) is 2.27. The zero-order chi connectivity index (χ0) is 8.27. The SMILES string of the molecule is CSC(=S)C1CCCCC1=O. The van der Waals surface area contributed by atoms with Crippen LogP contribution < -0.4 is 0 Å². The molecule has 1 unspecified atom stereocenters. The van der Waals surface area contributed by atoms with Crippen molar-refractivity contribution in [2.75, 3.05) is 6.26 Å². The van der Waals surface area contributed by atoms with Gasteiger partial charge in [-0.2, -0.15) is 0 Å². The highest BCUT2D eigenvalue weighted by Gasteiger charge is 2.24. The summed E-state index contributed by atoms with van der Waals surface area (Å²) in [4.78, 5) is 11.3. The molecule has 0 aromatic rings. The van der Waals surface area contributed by atoms with Gasteiger partial charge in [0.2, 0.25) is 0 Å². The largest absolute Gasteiger partial charge is 0.299 e. The molecule has 1 saturated carbocycles. The molecule has 1 fully saturated rings. The molecule has 0 saturated heterocycles. The van der Waals surface area contributed by atoms with Gasteiger partial charge in [-0.1, -0.05) is 18.6 Å². The summed E-state index contributed by atoms with van der Waals surface area (Å²) in [5, 5.41) is 0. The average molecular weight is 188 g/mol. The van der Waals surface area contributed by atoms with E-state index < -0.39 is 0 Å². The summed E-state index contributed by atoms with van der Waals surface area (Å²) in [5.74, 6) is 0.448. The Morgan fingerprint density at radius 1 is 1.64 bits per heavy atom. The summed E-state index contributed by atoms with van der Waals surface area (Å²) in [5.41, 5.74) is 0. The predicted octanol–water partition coefficient (Wildman–Crippen LogP) is 2.44. The van der Waals surface area contributed by atoms with Crippen LogP contribution in [0.1, 0.15) is 25.7 Å². The molecule has 0 aromatic carbocycles. The molecule has 0 N–H and O–H groups in total. The van der Waals surface area contributed by atoms with E-state index in [1.807, 2.05) is 6.26 Å². The highest BCUT2D eigenvalue weighted by molar-refractivity contribution is 8.22. The third-order valence-corrected chi connectivity index (χ3v) is 3.51. The molecule has 62 valence electrons. The Balaban J connectivity index is 2.54. The Kier molecular flexibility index (Phi) is 3.52. The summed E-state index contributed by atoms with van der Waals surface area (Å²) < 4.78 is 0.884. The lowest BCUT2D eigenvalue weighted by Crippen LogP contribution is -2.23. The Bertz CT molecular complexity index is 169. The van der Waals surface area contributed by atoms with E-state index in [9.17, 15) is 4.79 Å². The highest BCUT2D eigenvalue weighted by atomic mass is 32.2. The van der Waals surface area contributed by atoms with Crippen LogP contribution >= 0.6 is 24.0 Å². The maximum absolute atomic E-state index is 11.3. The topological polar surface area (TPSA) is 17.1 Å². The predicted molar refractivity (Wildman–Crippen MR) is 53.1 cm³/mol. The zero-order valence-corrected chi connectivity index (χ0v) is 8.26. The molecule has 0 bridgehead atoms. The minimum Gasteiger partial charge on any atom is -0.299 e. The molecule has 1 aliphatic rings. The van der Waals surface area contributed by atoms with Gasteiger partial charge in [-0.05, 0) is 19.1 Å². The fourth-order valence-corrected chi connectivity index (χ4v) is 2.16. The minimum absolute atomic E-state index is 0.0914. The van der Waals surface area contributed by atoms with Gasteiger partial charge >= 0.3 is 0 Å². The quantitative estimate of drug-likeness (QED) is 0.588. The van der Waals surface area contributed by atoms with E-state index in [4.69, 9.17) is 12.2 Å². The van der Waals surface area contributed by atoms with Gasteiger partial charge in [0.05, 0.1) is 10.1 Å². The Morgan fingerprint density at radius 3 is 2.91 bits per heavy atom. The number of carbonyl (C=O) groups is 1. The first-order valence-electron chi connectivity index (χ1n) is 3.86. The van der Waals surface area contributed by atoms with Gasteiger partial charge in [0, 0.05) is 6.42 Å². The molecule has 1 nitrogen and oxygen atoms in total. The molecule has 0 heterocycles. The maximum Gasteiger partial charge on any atom is 0.141 e. The number of Topliss-reactive ketones (excluding diaryl/α,β-unsaturated/α-hetero) is 1. The lowest BCUT2D eigenvalue weighted by atomic mass is 9.89. The van der Waals surface area contributed by atoms with Gasteiger partial charge in [-0.15, -0.1) is 11.8 Å². The van der Waals surface area contributed by atoms with Crippen LogP contribution in [-0.4, -0.2) is 16.2 Å². The van der Waals surface area contributed by atoms with Crippen LogP contribution in [0.15, 0.2) is 0 Å². The molecular weight excluding hydrogens is 176 g/mol. The first-order valence-corrected chi connectivity index (χ1v) is 5.49. The lowest BCUT2D eigenvalue weighted by molar-refractivity contribution is -0.122. The number of rotatable bonds is 1. The standard InChI is InChI=1S/C8H12OS2/c1-11-8(10)6-4-2-3-5-7(6)9/h6H,2-5H2,1H3. The summed E-state index contributed by atoms with van der Waals surface area (Å²) >= 11 is 6.64. The maximum atomic E-state index is 11.3. The van der Waals surface area contributed by atoms with Crippen LogP contribution in [0.2, 0.25) is 0 Å². The molecule has 0 radical (unpaired) electrons. The molecule has 11 heavy (non-hydrogen) atoms. The molecule has 1 aliphatic carbocycles. The monoisotopic (exact) mass is 188 g/mol. The number of ketones is 1. The van der Waals surface area contributed by atoms with Gasteiger partial charge in [-0.3, -0.25) is 4.79 Å². The second-order valence-electron chi connectivity index (χ2n) is 2.79. The highest BCUT2D eigenvalue weighted by Crippen LogP contribution is 2.25. The van der Waals surface area contributed by atoms with E-state index in [1.54, 1.807) is 11.8 Å². The zero-order valence-electron chi connectivity index (χ0n) is 6.63. The fourth-order valence-electron chi connectivity index (χ4n) is 1.37. The molecule has 3 heteroatoms. The molecule has 1 atom stereocenters. The van der Waals surface area contributed by atoms with E-state index in [2.05, 4.69) is 0 Å². The van der Waals surface area contributed by atoms with E-state index in [-0.39, 0.29) is 5.92 Å². The number of thioether (sulfide) groups is 1.